The fourth-order valence-corrected chi connectivity index (χ4v) is 16.7. The van der Waals surface area contributed by atoms with Gasteiger partial charge in [0, 0.05) is 95.7 Å². The molecule has 4 aliphatic heterocycles. The molecule has 0 bridgehead atoms. The maximum atomic E-state index is 14.9. The van der Waals surface area contributed by atoms with Crippen LogP contribution in [0.2, 0.25) is 0 Å². The van der Waals surface area contributed by atoms with Gasteiger partial charge in [0.1, 0.15) is 35.9 Å². The van der Waals surface area contributed by atoms with E-state index in [-0.39, 0.29) is 104 Å². The third-order valence-corrected chi connectivity index (χ3v) is 21.8. The normalized spacial score (nSPS) is 22.0. The standard InChI is InChI=1S/C40H68N2O5.C38H64N2O5/c1-17-18-19-40(25-30-26(2)20-31(35(4,5)6)32(43)27(30)3,33(44)46-28-21-36(7,8)41(15)37(9,10)22-28)34(45)47-29-23-38(11,12)42(16)39(13,14)24-29;1-15-16-17-38(31(42)44-26-19-34(7,8)39-35(9,10)20-26,32(43)45-27-21-36(11,12)40-37(13,14)22-27)23-28-24(2)18-29(33(4,5)6)30(41)25(28)3/h20,28-29,43H,17-19,21-25H2,1-16H3;18,26-27,39-41H,15-17,19-23H2,1-14H3. The molecule has 6 rings (SSSR count). The molecular weight excluding hydrogens is 1150 g/mol. The second-order valence-electron chi connectivity index (χ2n) is 36.5. The van der Waals surface area contributed by atoms with Gasteiger partial charge < -0.3 is 39.8 Å². The Bertz CT molecular complexity index is 2790. The van der Waals surface area contributed by atoms with E-state index in [4.69, 9.17) is 18.9 Å². The van der Waals surface area contributed by atoms with E-state index >= 15 is 0 Å². The van der Waals surface area contributed by atoms with Crippen LogP contribution in [0.3, 0.4) is 0 Å². The lowest BCUT2D eigenvalue weighted by Crippen LogP contribution is -2.61. The van der Waals surface area contributed by atoms with E-state index in [2.05, 4.69) is 201 Å². The van der Waals surface area contributed by atoms with Gasteiger partial charge in [0.25, 0.3) is 0 Å². The van der Waals surface area contributed by atoms with Crippen LogP contribution in [-0.4, -0.2) is 127 Å². The number of phenolic OH excluding ortho intramolecular Hbond substituents is 2. The van der Waals surface area contributed by atoms with Crippen molar-refractivity contribution < 1.29 is 48.3 Å². The van der Waals surface area contributed by atoms with E-state index in [0.29, 0.717) is 88.2 Å². The molecule has 0 aliphatic carbocycles. The molecule has 14 heteroatoms. The zero-order valence-electron chi connectivity index (χ0n) is 63.8. The zero-order valence-corrected chi connectivity index (χ0v) is 63.8. The number of rotatable bonds is 18. The number of carbonyl (C=O) groups excluding carboxylic acids is 4. The largest absolute Gasteiger partial charge is 0.507 e. The molecule has 524 valence electrons. The van der Waals surface area contributed by atoms with Gasteiger partial charge in [0.15, 0.2) is 10.8 Å². The Morgan fingerprint density at radius 1 is 0.446 bits per heavy atom. The van der Waals surface area contributed by atoms with E-state index in [9.17, 15) is 29.4 Å². The summed E-state index contributed by atoms with van der Waals surface area (Å²) in [5.74, 6) is -1.57. The van der Waals surface area contributed by atoms with Crippen molar-refractivity contribution in [3.63, 3.8) is 0 Å². The minimum absolute atomic E-state index is 0.121. The van der Waals surface area contributed by atoms with Gasteiger partial charge in [0.05, 0.1) is 0 Å². The summed E-state index contributed by atoms with van der Waals surface area (Å²) in [4.78, 5) is 63.9. The molecule has 92 heavy (non-hydrogen) atoms. The molecule has 4 aliphatic rings. The molecule has 0 spiro atoms. The second-order valence-corrected chi connectivity index (χ2v) is 36.5. The van der Waals surface area contributed by atoms with Crippen LogP contribution >= 0.6 is 0 Å². The Kier molecular flexibility index (Phi) is 23.6. The van der Waals surface area contributed by atoms with Gasteiger partial charge in [-0.15, -0.1) is 0 Å². The summed E-state index contributed by atoms with van der Waals surface area (Å²) in [5.41, 5.74) is 1.35. The number of aryl methyl sites for hydroxylation is 2. The van der Waals surface area contributed by atoms with E-state index < -0.39 is 34.7 Å². The Labute approximate surface area is 559 Å². The zero-order chi connectivity index (χ0) is 70.5. The highest BCUT2D eigenvalue weighted by molar-refractivity contribution is 6.01. The molecule has 4 saturated heterocycles. The number of aromatic hydroxyl groups is 2. The van der Waals surface area contributed by atoms with Crippen molar-refractivity contribution in [3.8, 4) is 11.5 Å². The predicted octanol–water partition coefficient (Wildman–Crippen LogP) is 16.1. The van der Waals surface area contributed by atoms with Crippen LogP contribution in [0, 0.1) is 38.5 Å². The minimum atomic E-state index is -1.55. The molecule has 0 radical (unpaired) electrons. The summed E-state index contributed by atoms with van der Waals surface area (Å²) in [6, 6.07) is 4.03. The predicted molar refractivity (Wildman–Crippen MR) is 375 cm³/mol. The average molecular weight is 1290 g/mol. The summed E-state index contributed by atoms with van der Waals surface area (Å²) in [5, 5.41) is 30.2. The summed E-state index contributed by atoms with van der Waals surface area (Å²) >= 11 is 0. The van der Waals surface area contributed by atoms with Crippen LogP contribution in [0.15, 0.2) is 12.1 Å². The number of ether oxygens (including phenoxy) is 4. The number of carbonyl (C=O) groups is 4. The van der Waals surface area contributed by atoms with Gasteiger partial charge in [-0.05, 0) is 234 Å². The van der Waals surface area contributed by atoms with Crippen molar-refractivity contribution in [1.82, 2.24) is 20.4 Å². The van der Waals surface area contributed by atoms with Crippen molar-refractivity contribution in [2.45, 2.75) is 376 Å². The van der Waals surface area contributed by atoms with Gasteiger partial charge >= 0.3 is 23.9 Å². The van der Waals surface area contributed by atoms with E-state index in [1.165, 1.54) is 0 Å². The van der Waals surface area contributed by atoms with Crippen molar-refractivity contribution >= 4 is 23.9 Å². The Hall–Kier alpha value is -4.24. The SMILES string of the molecule is CCCCC(Cc1c(C)cc(C(C)(C)C)c(O)c1C)(C(=O)OC1CC(C)(C)N(C)C(C)(C)C1)C(=O)OC1CC(C)(C)N(C)C(C)(C)C1.CCCCC(Cc1c(C)cc(C(C)(C)C)c(O)c1C)(C(=O)OC1CC(C)(C)NC(C)(C)C1)C(=O)OC1CC(C)(C)NC(C)(C)C1. The molecule has 4 fully saturated rings. The minimum Gasteiger partial charge on any atom is -0.507 e. The first-order valence-electron chi connectivity index (χ1n) is 35.1. The van der Waals surface area contributed by atoms with Gasteiger partial charge in [0.2, 0.25) is 0 Å². The van der Waals surface area contributed by atoms with Gasteiger partial charge in [-0.1, -0.05) is 93.2 Å². The van der Waals surface area contributed by atoms with Crippen molar-refractivity contribution in [2.75, 3.05) is 14.1 Å². The highest BCUT2D eigenvalue weighted by Gasteiger charge is 2.56. The Balaban J connectivity index is 0.000000334. The molecule has 14 nitrogen and oxygen atoms in total. The average Bonchev–Trinajstić information content (AvgIpc) is 0.769. The second kappa shape index (κ2) is 27.7. The summed E-state index contributed by atoms with van der Waals surface area (Å²) in [7, 11) is 4.26. The van der Waals surface area contributed by atoms with Gasteiger partial charge in [-0.3, -0.25) is 29.0 Å². The number of hydrogen-bond acceptors (Lipinski definition) is 14. The van der Waals surface area contributed by atoms with Crippen LogP contribution in [0.1, 0.15) is 301 Å². The molecule has 4 heterocycles. The van der Waals surface area contributed by atoms with Gasteiger partial charge in [-0.2, -0.15) is 0 Å². The number of nitrogens with zero attached hydrogens (tertiary/aromatic N) is 2. The molecular formula is C78H132N4O10. The van der Waals surface area contributed by atoms with E-state index in [1.807, 2.05) is 39.8 Å². The first kappa shape index (κ1) is 78.5. The molecule has 4 N–H and O–H groups in total. The van der Waals surface area contributed by atoms with Gasteiger partial charge in [-0.25, -0.2) is 0 Å². The molecule has 2 aromatic rings. The molecule has 0 aromatic heterocycles. The highest BCUT2D eigenvalue weighted by Crippen LogP contribution is 2.48. The lowest BCUT2D eigenvalue weighted by atomic mass is 9.73. The number of piperidine rings is 4. The van der Waals surface area contributed by atoms with E-state index in [1.54, 1.807) is 0 Å². The number of unbranched alkanes of at least 4 members (excludes halogenated alkanes) is 2. The smallest absolute Gasteiger partial charge is 0.324 e. The number of esters is 4. The first-order valence-corrected chi connectivity index (χ1v) is 35.1. The highest BCUT2D eigenvalue weighted by atomic mass is 16.6. The third kappa shape index (κ3) is 18.2. The lowest BCUT2D eigenvalue weighted by molar-refractivity contribution is -0.189. The summed E-state index contributed by atoms with van der Waals surface area (Å²) in [6.45, 7) is 58.9. The van der Waals surface area contributed by atoms with Crippen LogP contribution < -0.4 is 10.6 Å². The topological polar surface area (TPSA) is 176 Å². The maximum absolute atomic E-state index is 14.9. The van der Waals surface area contributed by atoms with Crippen LogP contribution in [0.5, 0.6) is 11.5 Å². The molecule has 0 saturated carbocycles. The summed E-state index contributed by atoms with van der Waals surface area (Å²) in [6.07, 6.45) is 7.80. The van der Waals surface area contributed by atoms with Crippen LogP contribution in [-0.2, 0) is 61.8 Å². The molecule has 2 aromatic carbocycles. The lowest BCUT2D eigenvalue weighted by Gasteiger charge is -2.53. The van der Waals surface area contributed by atoms with E-state index in [0.717, 1.165) is 46.2 Å². The number of nitrogens with one attached hydrogen (secondary N) is 2. The summed E-state index contributed by atoms with van der Waals surface area (Å²) < 4.78 is 25.9. The van der Waals surface area contributed by atoms with Crippen LogP contribution in [0.25, 0.3) is 0 Å². The van der Waals surface area contributed by atoms with Crippen molar-refractivity contribution in [3.05, 3.63) is 56.6 Å². The molecule has 0 amide bonds. The maximum Gasteiger partial charge on any atom is 0.324 e. The first-order chi connectivity index (χ1) is 41.5. The number of phenols is 2. The molecule has 0 atom stereocenters. The molecule has 0 unspecified atom stereocenters. The fraction of sp³-hybridized carbons (Fsp3) is 0.795. The van der Waals surface area contributed by atoms with Crippen molar-refractivity contribution in [1.29, 1.82) is 0 Å². The number of hydrogen-bond donors (Lipinski definition) is 4. The fourth-order valence-electron chi connectivity index (χ4n) is 16.7. The number of benzene rings is 2. The monoisotopic (exact) mass is 1280 g/mol. The van der Waals surface area contributed by atoms with Crippen molar-refractivity contribution in [2.24, 2.45) is 10.8 Å². The Morgan fingerprint density at radius 3 is 0.891 bits per heavy atom. The number of likely N-dealkylation sites (tertiary alicyclic amines) is 2. The van der Waals surface area contributed by atoms with Crippen LogP contribution in [0.4, 0.5) is 0 Å². The quantitative estimate of drug-likeness (QED) is 0.0630. The third-order valence-electron chi connectivity index (χ3n) is 21.8. The Morgan fingerprint density at radius 2 is 0.674 bits per heavy atom.